The lowest BCUT2D eigenvalue weighted by Gasteiger charge is -2.22. The van der Waals surface area contributed by atoms with E-state index in [1.54, 1.807) is 39.8 Å². The first-order valence-electron chi connectivity index (χ1n) is 42.5. The maximum absolute atomic E-state index is 13.2. The van der Waals surface area contributed by atoms with Crippen LogP contribution in [0.4, 0.5) is 45.5 Å². The number of aromatic nitrogens is 4. The molecule has 4 aromatic carbocycles. The molecule has 0 saturated heterocycles. The van der Waals surface area contributed by atoms with Crippen molar-refractivity contribution in [1.29, 1.82) is 21.0 Å². The molecule has 0 aliphatic rings. The Bertz CT molecular complexity index is 6180. The van der Waals surface area contributed by atoms with E-state index in [1.807, 2.05) is 52.0 Å². The Kier molecular flexibility index (Phi) is 42.9. The third-order valence-corrected chi connectivity index (χ3v) is 26.8. The fraction of sp³-hybridized carbons (Fsp3) is 0.455. The normalized spacial score (nSPS) is 12.0. The molecule has 4 heterocycles. The zero-order valence-corrected chi connectivity index (χ0v) is 78.2. The van der Waals surface area contributed by atoms with Crippen LogP contribution in [0.25, 0.3) is 0 Å². The molecule has 1 unspecified atom stereocenters. The summed E-state index contributed by atoms with van der Waals surface area (Å²) in [7, 11) is -14.4. The number of nitrogens with zero attached hydrogens (tertiary/aromatic N) is 17. The summed E-state index contributed by atoms with van der Waals surface area (Å²) in [4.78, 5) is 51.3. The molecule has 128 heavy (non-hydrogen) atoms. The molecule has 1 atom stereocenters. The largest absolute Gasteiger partial charge is 0.493 e. The lowest BCUT2D eigenvalue weighted by Crippen LogP contribution is -2.33. The van der Waals surface area contributed by atoms with E-state index in [4.69, 9.17) is 0 Å². The summed E-state index contributed by atoms with van der Waals surface area (Å²) in [5, 5.41) is 110. The maximum Gasteiger partial charge on any atom is 0.281 e. The number of benzene rings is 4. The minimum absolute atomic E-state index is 0.00951. The molecule has 8 rings (SSSR count). The van der Waals surface area contributed by atoms with Crippen molar-refractivity contribution in [3.05, 3.63) is 183 Å². The number of unbranched alkanes of at least 4 members (excludes halogenated alkanes) is 8. The van der Waals surface area contributed by atoms with Crippen molar-refractivity contribution in [2.24, 2.45) is 46.8 Å². The molecule has 8 aromatic rings. The van der Waals surface area contributed by atoms with Gasteiger partial charge in [-0.1, -0.05) is 120 Å². The van der Waals surface area contributed by atoms with Gasteiger partial charge in [-0.05, 0) is 183 Å². The van der Waals surface area contributed by atoms with Crippen LogP contribution in [0.1, 0.15) is 216 Å². The first kappa shape index (κ1) is 106. The van der Waals surface area contributed by atoms with Crippen LogP contribution in [0.15, 0.2) is 177 Å². The molecule has 0 radical (unpaired) electrons. The number of nitriles is 4. The van der Waals surface area contributed by atoms with Gasteiger partial charge in [-0.3, -0.25) is 37.4 Å². The highest BCUT2D eigenvalue weighted by atomic mass is 32.2. The van der Waals surface area contributed by atoms with Crippen LogP contribution in [0.5, 0.6) is 23.5 Å². The van der Waals surface area contributed by atoms with Crippen molar-refractivity contribution in [3.8, 4) is 47.8 Å². The third-order valence-electron chi connectivity index (χ3n) is 20.4. The second kappa shape index (κ2) is 51.6. The first-order valence-corrected chi connectivity index (χ1v) is 48.4. The van der Waals surface area contributed by atoms with E-state index in [9.17, 15) is 94.3 Å². The molecule has 0 aliphatic heterocycles. The molecular formula is C88H116N20O16S4. The van der Waals surface area contributed by atoms with Crippen LogP contribution < -0.4 is 36.4 Å². The van der Waals surface area contributed by atoms with Gasteiger partial charge in [-0.2, -0.15) is 45.8 Å². The molecule has 0 fully saturated rings. The standard InChI is InChI=1S/C27H39N5O4S.C23H31N5O4S.2C19H23N5O4S/c1-5-8-11-12-19-32-26(33)24(20-28)21(4)25(27(32)34)30-29-22-13-15-23(16-14-22)37(35,36)31(17-9-6-2)18-10-7-3;1-5-8-9-17(6-2)15-25-33(31,32)19-12-10-18(11-13-19)26-27-21-16(4)20(14-24)22(29)28(7-3)23(21)30;1-4-6-11-21-29(27,28)15-9-7-14(8-10-15)22-23-17-13(3)16(12-20)18(25)24(5-2)19(17)26;1-4-6-11-24-18(25)16(12-20)13(3)17(19(24)26)23-22-14-7-9-15(10-8-14)29(27,28)21-5-2/h13-16,33H,5-12,17-19H2,1-4H3;10-13,17,25,29H,5-9,15H2,1-4H3;2*7-10,21,25H,4-6,11H2,1-3H3. The van der Waals surface area contributed by atoms with Gasteiger partial charge in [-0.15, -0.1) is 20.5 Å². The van der Waals surface area contributed by atoms with E-state index >= 15 is 0 Å². The van der Waals surface area contributed by atoms with E-state index in [1.165, 1.54) is 115 Å². The maximum atomic E-state index is 13.2. The van der Waals surface area contributed by atoms with Gasteiger partial charge in [0.05, 0.1) is 42.3 Å². The van der Waals surface area contributed by atoms with Crippen LogP contribution >= 0.6 is 0 Å². The zero-order valence-electron chi connectivity index (χ0n) is 74.9. The van der Waals surface area contributed by atoms with E-state index in [2.05, 4.69) is 75.9 Å². The number of sulfonamides is 4. The Balaban J connectivity index is 0.000000304. The SMILES string of the molecule is CCCCC(CC)CNS(=O)(=O)c1ccc(N=Nc2c(C)c(C#N)c(O)n(CC)c2=O)cc1.CCCCCCn1c(O)c(C#N)c(C)c(N=Nc2ccc(S(=O)(=O)N(CCCC)CCCC)cc2)c1=O.CCCCNS(=O)(=O)c1ccc(N=Nc2c(C)c(C#N)c(O)n(CC)c2=O)cc1.CCCCn1c(O)c(C#N)c(C)c(N=Nc2ccc(S(=O)(=O)NCC)cc2)c1=O. The minimum Gasteiger partial charge on any atom is -0.493 e. The average molecular weight is 1840 g/mol. The molecule has 0 aliphatic carbocycles. The minimum atomic E-state index is -3.65. The summed E-state index contributed by atoms with van der Waals surface area (Å²) in [5.74, 6) is -1.23. The quantitative estimate of drug-likeness (QED) is 0.0138. The first-order chi connectivity index (χ1) is 60.9. The Hall–Kier alpha value is -12.1. The Labute approximate surface area is 748 Å². The third kappa shape index (κ3) is 28.4. The van der Waals surface area contributed by atoms with Crippen LogP contribution in [0.3, 0.4) is 0 Å². The van der Waals surface area contributed by atoms with Crippen LogP contribution in [-0.2, 0) is 66.3 Å². The molecular weight excluding hydrogens is 1720 g/mol. The molecule has 0 spiro atoms. The van der Waals surface area contributed by atoms with Crippen molar-refractivity contribution >= 4 is 85.6 Å². The second-order valence-corrected chi connectivity index (χ2v) is 36.7. The van der Waals surface area contributed by atoms with Gasteiger partial charge in [0.1, 0.15) is 46.5 Å². The topological polar surface area (TPSA) is 539 Å². The molecule has 0 saturated carbocycles. The summed E-state index contributed by atoms with van der Waals surface area (Å²) in [6.07, 6.45) is 14.2. The van der Waals surface area contributed by atoms with Crippen LogP contribution in [0.2, 0.25) is 0 Å². The van der Waals surface area contributed by atoms with Crippen LogP contribution in [0, 0.1) is 78.9 Å². The van der Waals surface area contributed by atoms with Crippen molar-refractivity contribution < 1.29 is 54.1 Å². The predicted molar refractivity (Wildman–Crippen MR) is 488 cm³/mol. The molecule has 0 amide bonds. The second-order valence-electron chi connectivity index (χ2n) is 29.5. The van der Waals surface area contributed by atoms with Gasteiger partial charge >= 0.3 is 0 Å². The average Bonchev–Trinajstić information content (AvgIpc) is 0.793. The monoisotopic (exact) mass is 1840 g/mol. The smallest absolute Gasteiger partial charge is 0.281 e. The van der Waals surface area contributed by atoms with Gasteiger partial charge in [0.15, 0.2) is 22.7 Å². The number of hydrogen-bond donors (Lipinski definition) is 7. The highest BCUT2D eigenvalue weighted by molar-refractivity contribution is 7.90. The summed E-state index contributed by atoms with van der Waals surface area (Å²) < 4.78 is 113. The van der Waals surface area contributed by atoms with Gasteiger partial charge in [-0.25, -0.2) is 47.8 Å². The van der Waals surface area contributed by atoms with Gasteiger partial charge in [0, 0.05) is 81.2 Å². The van der Waals surface area contributed by atoms with Crippen molar-refractivity contribution in [1.82, 2.24) is 36.7 Å². The summed E-state index contributed by atoms with van der Waals surface area (Å²) in [6.45, 7) is 28.2. The number of azo groups is 4. The molecule has 7 N–H and O–H groups in total. The number of pyridine rings is 4. The van der Waals surface area contributed by atoms with Crippen molar-refractivity contribution in [2.45, 2.75) is 245 Å². The fourth-order valence-electron chi connectivity index (χ4n) is 12.6. The Morgan fingerprint density at radius 3 is 0.961 bits per heavy atom. The van der Waals surface area contributed by atoms with Crippen LogP contribution in [-0.4, -0.2) is 109 Å². The fourth-order valence-corrected chi connectivity index (χ4v) is 17.3. The van der Waals surface area contributed by atoms with Crippen molar-refractivity contribution in [2.75, 3.05) is 32.7 Å². The van der Waals surface area contributed by atoms with E-state index < -0.39 is 74.1 Å². The molecule has 4 aromatic heterocycles. The van der Waals surface area contributed by atoms with E-state index in [0.717, 1.165) is 104 Å². The lowest BCUT2D eigenvalue weighted by molar-refractivity contribution is 0.395. The highest BCUT2D eigenvalue weighted by Crippen LogP contribution is 2.34. The zero-order chi connectivity index (χ0) is 95.2. The lowest BCUT2D eigenvalue weighted by atomic mass is 10.00. The summed E-state index contributed by atoms with van der Waals surface area (Å²) in [5.41, 5.74) is -0.149. The number of hydrogen-bond acceptors (Lipinski definition) is 28. The number of rotatable bonds is 42. The van der Waals surface area contributed by atoms with Crippen molar-refractivity contribution in [3.63, 3.8) is 0 Å². The summed E-state index contributed by atoms with van der Waals surface area (Å²) >= 11 is 0. The predicted octanol–water partition coefficient (Wildman–Crippen LogP) is 17.5. The van der Waals surface area contributed by atoms with Gasteiger partial charge in [0.25, 0.3) is 22.2 Å². The number of nitrogens with one attached hydrogen (secondary N) is 3. The van der Waals surface area contributed by atoms with E-state index in [0.29, 0.717) is 67.7 Å². The molecule has 688 valence electrons. The summed E-state index contributed by atoms with van der Waals surface area (Å²) in [6, 6.07) is 30.9. The molecule has 36 nitrogen and oxygen atoms in total. The Morgan fingerprint density at radius 2 is 0.656 bits per heavy atom. The van der Waals surface area contributed by atoms with E-state index in [-0.39, 0.29) is 131 Å². The Morgan fingerprint density at radius 1 is 0.359 bits per heavy atom. The molecule has 0 bridgehead atoms. The van der Waals surface area contributed by atoms with Gasteiger partial charge < -0.3 is 20.4 Å². The molecule has 40 heteroatoms. The van der Waals surface area contributed by atoms with Gasteiger partial charge in [0.2, 0.25) is 63.6 Å². The number of aromatic hydroxyl groups is 4. The highest BCUT2D eigenvalue weighted by Gasteiger charge is 2.27.